The Morgan fingerprint density at radius 3 is 2.50 bits per heavy atom. The summed E-state index contributed by atoms with van der Waals surface area (Å²) in [5, 5.41) is 13.9. The molecule has 1 aliphatic rings. The van der Waals surface area contributed by atoms with E-state index in [-0.39, 0.29) is 11.3 Å². The van der Waals surface area contributed by atoms with E-state index in [0.29, 0.717) is 36.1 Å². The number of ether oxygens (including phenoxy) is 3. The van der Waals surface area contributed by atoms with E-state index >= 15 is 0 Å². The fourth-order valence-electron chi connectivity index (χ4n) is 2.82. The van der Waals surface area contributed by atoms with Crippen LogP contribution in [0.15, 0.2) is 36.4 Å². The summed E-state index contributed by atoms with van der Waals surface area (Å²) in [4.78, 5) is 37.0. The molecule has 158 valence electrons. The molecule has 1 atom stereocenters. The van der Waals surface area contributed by atoms with Gasteiger partial charge < -0.3 is 24.4 Å². The predicted octanol–water partition coefficient (Wildman–Crippen LogP) is 2.62. The maximum absolute atomic E-state index is 12.4. The monoisotopic (exact) mass is 415 g/mol. The van der Waals surface area contributed by atoms with Gasteiger partial charge in [0.05, 0.1) is 10.5 Å². The second kappa shape index (κ2) is 8.68. The molecule has 0 spiro atoms. The van der Waals surface area contributed by atoms with Gasteiger partial charge in [-0.2, -0.15) is 0 Å². The molecule has 0 aliphatic carbocycles. The van der Waals surface area contributed by atoms with Crippen molar-refractivity contribution in [3.63, 3.8) is 0 Å². The van der Waals surface area contributed by atoms with Crippen LogP contribution >= 0.6 is 0 Å². The first kappa shape index (κ1) is 20.9. The van der Waals surface area contributed by atoms with E-state index in [9.17, 15) is 19.7 Å². The number of benzene rings is 2. The zero-order valence-corrected chi connectivity index (χ0v) is 16.7. The number of anilines is 2. The van der Waals surface area contributed by atoms with Crippen molar-refractivity contribution in [3.8, 4) is 11.5 Å². The van der Waals surface area contributed by atoms with Crippen molar-refractivity contribution in [2.24, 2.45) is 0 Å². The topological polar surface area (TPSA) is 120 Å². The van der Waals surface area contributed by atoms with E-state index in [2.05, 4.69) is 5.32 Å². The molecule has 0 bridgehead atoms. The minimum Gasteiger partial charge on any atom is -0.486 e. The first-order chi connectivity index (χ1) is 14.3. The van der Waals surface area contributed by atoms with E-state index in [1.807, 2.05) is 0 Å². The highest BCUT2D eigenvalue weighted by atomic mass is 16.6. The minimum absolute atomic E-state index is 0.0220. The van der Waals surface area contributed by atoms with Gasteiger partial charge in [-0.05, 0) is 31.2 Å². The first-order valence-corrected chi connectivity index (χ1v) is 9.13. The number of nitro groups is 1. The Labute approximate surface area is 172 Å². The normalized spacial score (nSPS) is 13.2. The molecule has 10 heteroatoms. The maximum Gasteiger partial charge on any atom is 0.339 e. The highest BCUT2D eigenvalue weighted by Gasteiger charge is 2.23. The minimum atomic E-state index is -1.13. The molecule has 1 heterocycles. The molecule has 1 aliphatic heterocycles. The highest BCUT2D eigenvalue weighted by molar-refractivity contribution is 5.98. The van der Waals surface area contributed by atoms with E-state index in [4.69, 9.17) is 14.2 Å². The van der Waals surface area contributed by atoms with Gasteiger partial charge in [-0.15, -0.1) is 0 Å². The van der Waals surface area contributed by atoms with Crippen LogP contribution in [0.1, 0.15) is 17.3 Å². The first-order valence-electron chi connectivity index (χ1n) is 9.13. The number of nitrogens with one attached hydrogen (secondary N) is 1. The van der Waals surface area contributed by atoms with Gasteiger partial charge in [0.25, 0.3) is 11.6 Å². The number of nitrogens with zero attached hydrogens (tertiary/aromatic N) is 2. The number of rotatable bonds is 6. The second-order valence-corrected chi connectivity index (χ2v) is 6.75. The van der Waals surface area contributed by atoms with Crippen molar-refractivity contribution in [2.45, 2.75) is 13.0 Å². The Bertz CT molecular complexity index is 990. The third-order valence-corrected chi connectivity index (χ3v) is 4.35. The SMILES string of the molecule is C[C@H](OC(=O)c1ccc(N(C)C)c([N+](=O)[O-])c1)C(=O)Nc1ccc2c(c1)OCCO2. The summed E-state index contributed by atoms with van der Waals surface area (Å²) in [6, 6.07) is 8.92. The molecule has 0 aromatic heterocycles. The summed E-state index contributed by atoms with van der Waals surface area (Å²) in [7, 11) is 3.31. The maximum atomic E-state index is 12.4. The Morgan fingerprint density at radius 1 is 1.13 bits per heavy atom. The van der Waals surface area contributed by atoms with Crippen LogP contribution in [0.5, 0.6) is 11.5 Å². The molecular weight excluding hydrogens is 394 g/mol. The zero-order chi connectivity index (χ0) is 21.8. The molecule has 0 fully saturated rings. The number of nitro benzene ring substituents is 1. The Hall–Kier alpha value is -3.82. The molecule has 1 N–H and O–H groups in total. The van der Waals surface area contributed by atoms with Gasteiger partial charge in [0.1, 0.15) is 18.9 Å². The largest absolute Gasteiger partial charge is 0.486 e. The summed E-state index contributed by atoms with van der Waals surface area (Å²) in [6.45, 7) is 2.28. The fraction of sp³-hybridized carbons (Fsp3) is 0.300. The van der Waals surface area contributed by atoms with Crippen LogP contribution < -0.4 is 19.7 Å². The number of hydrogen-bond acceptors (Lipinski definition) is 8. The lowest BCUT2D eigenvalue weighted by Gasteiger charge is -2.19. The van der Waals surface area contributed by atoms with Crippen LogP contribution in [-0.2, 0) is 9.53 Å². The lowest BCUT2D eigenvalue weighted by molar-refractivity contribution is -0.384. The van der Waals surface area contributed by atoms with Crippen molar-refractivity contribution in [2.75, 3.05) is 37.5 Å². The summed E-state index contributed by atoms with van der Waals surface area (Å²) < 4.78 is 16.1. The molecule has 30 heavy (non-hydrogen) atoms. The highest BCUT2D eigenvalue weighted by Crippen LogP contribution is 2.32. The van der Waals surface area contributed by atoms with Gasteiger partial charge in [0.2, 0.25) is 0 Å². The lowest BCUT2D eigenvalue weighted by atomic mass is 10.1. The third-order valence-electron chi connectivity index (χ3n) is 4.35. The molecule has 2 aromatic carbocycles. The zero-order valence-electron chi connectivity index (χ0n) is 16.7. The molecule has 2 aromatic rings. The fourth-order valence-corrected chi connectivity index (χ4v) is 2.82. The average molecular weight is 415 g/mol. The number of hydrogen-bond donors (Lipinski definition) is 1. The Balaban J connectivity index is 1.67. The molecule has 0 saturated carbocycles. The number of fused-ring (bicyclic) bond motifs is 1. The van der Waals surface area contributed by atoms with Gasteiger partial charge >= 0.3 is 5.97 Å². The van der Waals surface area contributed by atoms with Gasteiger partial charge in [0, 0.05) is 31.9 Å². The molecule has 0 saturated heterocycles. The molecule has 1 amide bonds. The van der Waals surface area contributed by atoms with Crippen LogP contribution in [-0.4, -0.2) is 50.2 Å². The number of esters is 1. The Kier molecular flexibility index (Phi) is 6.05. The predicted molar refractivity (Wildman–Crippen MR) is 108 cm³/mol. The van der Waals surface area contributed by atoms with Gasteiger partial charge in [-0.1, -0.05) is 0 Å². The number of carbonyl (C=O) groups is 2. The van der Waals surface area contributed by atoms with E-state index in [0.717, 1.165) is 6.07 Å². The van der Waals surface area contributed by atoms with E-state index in [1.54, 1.807) is 37.2 Å². The second-order valence-electron chi connectivity index (χ2n) is 6.75. The van der Waals surface area contributed by atoms with Crippen molar-refractivity contribution in [1.82, 2.24) is 0 Å². The Morgan fingerprint density at radius 2 is 1.83 bits per heavy atom. The van der Waals surface area contributed by atoms with Gasteiger partial charge in [-0.3, -0.25) is 14.9 Å². The summed E-state index contributed by atoms with van der Waals surface area (Å²) >= 11 is 0. The summed E-state index contributed by atoms with van der Waals surface area (Å²) in [5.41, 5.74) is 0.549. The molecule has 0 radical (unpaired) electrons. The van der Waals surface area contributed by atoms with Gasteiger partial charge in [0.15, 0.2) is 17.6 Å². The smallest absolute Gasteiger partial charge is 0.339 e. The number of amides is 1. The quantitative estimate of drug-likeness (QED) is 0.434. The van der Waals surface area contributed by atoms with Crippen LogP contribution in [0.3, 0.4) is 0 Å². The number of carbonyl (C=O) groups excluding carboxylic acids is 2. The van der Waals surface area contributed by atoms with Crippen molar-refractivity contribution in [3.05, 3.63) is 52.1 Å². The average Bonchev–Trinajstić information content (AvgIpc) is 2.72. The summed E-state index contributed by atoms with van der Waals surface area (Å²) in [5.74, 6) is -0.300. The molecular formula is C20H21N3O7. The standard InChI is InChI=1S/C20H21N3O7/c1-12(19(24)21-14-5-7-17-18(11-14)29-9-8-28-17)30-20(25)13-4-6-15(22(2)3)16(10-13)23(26)27/h4-7,10-12H,8-9H2,1-3H3,(H,21,24)/t12-/m0/s1. The lowest BCUT2D eigenvalue weighted by Crippen LogP contribution is -2.30. The molecule has 3 rings (SSSR count). The third kappa shape index (κ3) is 4.59. The summed E-state index contributed by atoms with van der Waals surface area (Å²) in [6.07, 6.45) is -1.13. The van der Waals surface area contributed by atoms with Crippen molar-refractivity contribution in [1.29, 1.82) is 0 Å². The van der Waals surface area contributed by atoms with Crippen LogP contribution in [0.4, 0.5) is 17.1 Å². The van der Waals surface area contributed by atoms with Crippen LogP contribution in [0.25, 0.3) is 0 Å². The molecule has 0 unspecified atom stereocenters. The molecule has 10 nitrogen and oxygen atoms in total. The van der Waals surface area contributed by atoms with Crippen LogP contribution in [0.2, 0.25) is 0 Å². The van der Waals surface area contributed by atoms with E-state index < -0.39 is 22.9 Å². The van der Waals surface area contributed by atoms with Gasteiger partial charge in [-0.25, -0.2) is 4.79 Å². The van der Waals surface area contributed by atoms with Crippen LogP contribution in [0, 0.1) is 10.1 Å². The van der Waals surface area contributed by atoms with E-state index in [1.165, 1.54) is 19.1 Å². The van der Waals surface area contributed by atoms with Crippen molar-refractivity contribution < 1.29 is 28.7 Å². The van der Waals surface area contributed by atoms with Crippen molar-refractivity contribution >= 4 is 28.9 Å².